The number of nitrogens with one attached hydrogen (secondary N) is 1. The highest BCUT2D eigenvalue weighted by Gasteiger charge is 1.97. The van der Waals surface area contributed by atoms with Gasteiger partial charge in [0.2, 0.25) is 0 Å². The predicted molar refractivity (Wildman–Crippen MR) is 107 cm³/mol. The lowest BCUT2D eigenvalue weighted by Crippen LogP contribution is -2.29. The first-order valence-corrected chi connectivity index (χ1v) is 10.2. The van der Waals surface area contributed by atoms with Crippen LogP contribution in [0.1, 0.15) is 26.0 Å². The summed E-state index contributed by atoms with van der Waals surface area (Å²) < 4.78 is 29.1. The number of hydrogen-bond acceptors (Lipinski definition) is 8. The highest BCUT2D eigenvalue weighted by Crippen LogP contribution is 1.90. The van der Waals surface area contributed by atoms with Gasteiger partial charge in [0.15, 0.2) is 0 Å². The number of rotatable bonds is 20. The summed E-state index contributed by atoms with van der Waals surface area (Å²) >= 11 is 0. The van der Waals surface area contributed by atoms with E-state index in [1.54, 1.807) is 4.68 Å². The van der Waals surface area contributed by atoms with Gasteiger partial charge in [-0.1, -0.05) is 12.1 Å². The van der Waals surface area contributed by atoms with E-state index in [9.17, 15) is 0 Å². The normalized spacial score (nSPS) is 12.5. The molecule has 0 aliphatic heterocycles. The van der Waals surface area contributed by atoms with Gasteiger partial charge in [-0.25, -0.2) is 4.68 Å². The van der Waals surface area contributed by atoms with Gasteiger partial charge in [-0.05, 0) is 20.3 Å². The summed E-state index contributed by atoms with van der Waals surface area (Å²) in [7, 11) is 0. The zero-order chi connectivity index (χ0) is 20.3. The highest BCUT2D eigenvalue weighted by molar-refractivity contribution is 4.86. The third-order valence-corrected chi connectivity index (χ3v) is 3.96. The van der Waals surface area contributed by atoms with Crippen LogP contribution in [0.25, 0.3) is 0 Å². The molecular formula is C19H38N4O5. The Morgan fingerprint density at radius 3 is 1.82 bits per heavy atom. The van der Waals surface area contributed by atoms with Crippen LogP contribution in [0.3, 0.4) is 0 Å². The average molecular weight is 403 g/mol. The summed E-state index contributed by atoms with van der Waals surface area (Å²) in [5.41, 5.74) is 0.909. The maximum Gasteiger partial charge on any atom is 0.0796 e. The minimum atomic E-state index is 0.545. The minimum absolute atomic E-state index is 0.545. The van der Waals surface area contributed by atoms with Crippen LogP contribution in [-0.2, 0) is 30.2 Å². The monoisotopic (exact) mass is 402 g/mol. The van der Waals surface area contributed by atoms with Crippen LogP contribution in [0, 0.1) is 6.92 Å². The van der Waals surface area contributed by atoms with Gasteiger partial charge < -0.3 is 29.0 Å². The lowest BCUT2D eigenvalue weighted by molar-refractivity contribution is -0.0114. The maximum atomic E-state index is 5.49. The molecule has 0 saturated heterocycles. The zero-order valence-electron chi connectivity index (χ0n) is 17.7. The molecular weight excluding hydrogens is 364 g/mol. The molecule has 164 valence electrons. The van der Waals surface area contributed by atoms with Crippen molar-refractivity contribution in [3.63, 3.8) is 0 Å². The Morgan fingerprint density at radius 1 is 0.857 bits per heavy atom. The van der Waals surface area contributed by atoms with Crippen molar-refractivity contribution in [2.45, 2.75) is 39.8 Å². The van der Waals surface area contributed by atoms with Gasteiger partial charge in [0.05, 0.1) is 78.3 Å². The fourth-order valence-electron chi connectivity index (χ4n) is 2.17. The van der Waals surface area contributed by atoms with Crippen molar-refractivity contribution in [2.75, 3.05) is 72.6 Å². The smallest absolute Gasteiger partial charge is 0.0796 e. The molecule has 0 amide bonds. The molecule has 1 aromatic heterocycles. The molecule has 0 fully saturated rings. The molecule has 28 heavy (non-hydrogen) atoms. The van der Waals surface area contributed by atoms with Crippen LogP contribution in [0.2, 0.25) is 0 Å². The Balaban J connectivity index is 1.69. The lowest BCUT2D eigenvalue weighted by Gasteiger charge is -2.11. The molecule has 1 N–H and O–H groups in total. The van der Waals surface area contributed by atoms with E-state index in [0.29, 0.717) is 78.7 Å². The van der Waals surface area contributed by atoms with E-state index in [1.165, 1.54) is 0 Å². The molecule has 9 nitrogen and oxygen atoms in total. The first-order valence-electron chi connectivity index (χ1n) is 10.2. The van der Waals surface area contributed by atoms with Crippen LogP contribution in [0.15, 0.2) is 6.20 Å². The average Bonchev–Trinajstić information content (AvgIpc) is 3.11. The molecule has 0 aliphatic rings. The van der Waals surface area contributed by atoms with Crippen molar-refractivity contribution in [3.05, 3.63) is 11.9 Å². The standard InChI is InChI=1S/C19H38N4O5/c1-4-18(2)20-5-7-24-9-11-26-13-15-28-16-14-27-12-10-25-8-6-23-17-19(3)21-22-23/h17-18,20H,4-16H2,1-3H3. The summed E-state index contributed by atoms with van der Waals surface area (Å²) in [5, 5.41) is 11.3. The van der Waals surface area contributed by atoms with Crippen molar-refractivity contribution in [1.82, 2.24) is 20.3 Å². The largest absolute Gasteiger partial charge is 0.378 e. The number of aryl methyl sites for hydroxylation is 1. The van der Waals surface area contributed by atoms with Crippen molar-refractivity contribution < 1.29 is 23.7 Å². The first kappa shape index (κ1) is 24.9. The SMILES string of the molecule is CCC(C)NCCOCCOCCOCCOCCOCCn1cc(C)nn1. The molecule has 0 spiro atoms. The number of hydrogen-bond donors (Lipinski definition) is 1. The van der Waals surface area contributed by atoms with E-state index in [-0.39, 0.29) is 0 Å². The number of aromatic nitrogens is 3. The van der Waals surface area contributed by atoms with Gasteiger partial charge in [0.1, 0.15) is 0 Å². The molecule has 1 rings (SSSR count). The predicted octanol–water partition coefficient (Wildman–Crippen LogP) is 1.06. The van der Waals surface area contributed by atoms with E-state index in [4.69, 9.17) is 23.7 Å². The molecule has 0 aromatic carbocycles. The Morgan fingerprint density at radius 2 is 1.36 bits per heavy atom. The fourth-order valence-corrected chi connectivity index (χ4v) is 2.17. The molecule has 9 heteroatoms. The van der Waals surface area contributed by atoms with Crippen LogP contribution in [0.5, 0.6) is 0 Å². The molecule has 0 radical (unpaired) electrons. The molecule has 0 aliphatic carbocycles. The van der Waals surface area contributed by atoms with Gasteiger partial charge in [-0.3, -0.25) is 0 Å². The zero-order valence-corrected chi connectivity index (χ0v) is 17.7. The van der Waals surface area contributed by atoms with E-state index in [2.05, 4.69) is 29.5 Å². The summed E-state index contributed by atoms with van der Waals surface area (Å²) in [6.45, 7) is 13.7. The topological polar surface area (TPSA) is 88.9 Å². The van der Waals surface area contributed by atoms with E-state index in [1.807, 2.05) is 13.1 Å². The van der Waals surface area contributed by atoms with Gasteiger partial charge >= 0.3 is 0 Å². The maximum absolute atomic E-state index is 5.49. The summed E-state index contributed by atoms with van der Waals surface area (Å²) in [6, 6.07) is 0.545. The van der Waals surface area contributed by atoms with Crippen LogP contribution in [0.4, 0.5) is 0 Å². The van der Waals surface area contributed by atoms with Gasteiger partial charge in [-0.15, -0.1) is 5.10 Å². The second-order valence-electron chi connectivity index (χ2n) is 6.45. The van der Waals surface area contributed by atoms with Crippen LogP contribution < -0.4 is 5.32 Å². The molecule has 0 saturated carbocycles. The quantitative estimate of drug-likeness (QED) is 0.324. The second kappa shape index (κ2) is 18.0. The third-order valence-electron chi connectivity index (χ3n) is 3.96. The summed E-state index contributed by atoms with van der Waals surface area (Å²) in [4.78, 5) is 0. The number of nitrogens with zero attached hydrogens (tertiary/aromatic N) is 3. The molecule has 1 heterocycles. The summed E-state index contributed by atoms with van der Waals surface area (Å²) in [6.07, 6.45) is 3.02. The molecule has 1 atom stereocenters. The Labute approximate surface area is 169 Å². The van der Waals surface area contributed by atoms with Crippen molar-refractivity contribution in [1.29, 1.82) is 0 Å². The molecule has 1 unspecified atom stereocenters. The Bertz CT molecular complexity index is 461. The van der Waals surface area contributed by atoms with Gasteiger partial charge in [0.25, 0.3) is 0 Å². The lowest BCUT2D eigenvalue weighted by atomic mass is 10.3. The van der Waals surface area contributed by atoms with E-state index in [0.717, 1.165) is 18.7 Å². The highest BCUT2D eigenvalue weighted by atomic mass is 16.6. The first-order chi connectivity index (χ1) is 13.7. The van der Waals surface area contributed by atoms with E-state index >= 15 is 0 Å². The Kier molecular flexibility index (Phi) is 16.0. The van der Waals surface area contributed by atoms with Gasteiger partial charge in [0, 0.05) is 18.8 Å². The van der Waals surface area contributed by atoms with Crippen LogP contribution >= 0.6 is 0 Å². The number of ether oxygens (including phenoxy) is 5. The van der Waals surface area contributed by atoms with Gasteiger partial charge in [-0.2, -0.15) is 0 Å². The van der Waals surface area contributed by atoms with Crippen LogP contribution in [-0.4, -0.2) is 93.6 Å². The third kappa shape index (κ3) is 14.9. The minimum Gasteiger partial charge on any atom is -0.378 e. The molecule has 1 aromatic rings. The fraction of sp³-hybridized carbons (Fsp3) is 0.895. The Hall–Kier alpha value is -1.10. The molecule has 0 bridgehead atoms. The summed E-state index contributed by atoms with van der Waals surface area (Å²) in [5.74, 6) is 0. The van der Waals surface area contributed by atoms with Crippen molar-refractivity contribution in [3.8, 4) is 0 Å². The van der Waals surface area contributed by atoms with Crippen molar-refractivity contribution >= 4 is 0 Å². The second-order valence-corrected chi connectivity index (χ2v) is 6.45. The van der Waals surface area contributed by atoms with Crippen molar-refractivity contribution in [2.24, 2.45) is 0 Å². The van der Waals surface area contributed by atoms with E-state index < -0.39 is 0 Å².